The fraction of sp³-hybridized carbons (Fsp3) is 0.300. The summed E-state index contributed by atoms with van der Waals surface area (Å²) in [5, 5.41) is 3.24. The Balaban J connectivity index is 2.25. The molecule has 2 rings (SSSR count). The Labute approximate surface area is 105 Å². The van der Waals surface area contributed by atoms with E-state index in [0.29, 0.717) is 9.64 Å². The van der Waals surface area contributed by atoms with E-state index in [1.54, 1.807) is 0 Å². The summed E-state index contributed by atoms with van der Waals surface area (Å²) in [6.07, 6.45) is 0. The molecule has 1 aliphatic rings. The normalized spacial score (nSPS) is 19.8. The van der Waals surface area contributed by atoms with Crippen LogP contribution in [0, 0.1) is 11.6 Å². The third-order valence-corrected chi connectivity index (χ3v) is 3.63. The summed E-state index contributed by atoms with van der Waals surface area (Å²) in [6, 6.07) is 2.62. The van der Waals surface area contributed by atoms with Crippen LogP contribution in [-0.4, -0.2) is 17.0 Å². The quantitative estimate of drug-likeness (QED) is 0.857. The molecular weight excluding hydrogens is 298 g/mol. The lowest BCUT2D eigenvalue weighted by atomic mass is 10.3. The maximum absolute atomic E-state index is 13.5. The second-order valence-corrected chi connectivity index (χ2v) is 5.39. The van der Waals surface area contributed by atoms with Crippen molar-refractivity contribution in [2.24, 2.45) is 4.99 Å². The van der Waals surface area contributed by atoms with E-state index in [2.05, 4.69) is 26.2 Å². The molecule has 6 heteroatoms. The Kier molecular flexibility index (Phi) is 3.49. The third-order valence-electron chi connectivity index (χ3n) is 2.04. The summed E-state index contributed by atoms with van der Waals surface area (Å²) in [5.74, 6) is -0.424. The topological polar surface area (TPSA) is 24.4 Å². The molecule has 0 spiro atoms. The molecule has 0 radical (unpaired) electrons. The number of rotatable bonds is 1. The van der Waals surface area contributed by atoms with Crippen molar-refractivity contribution < 1.29 is 8.78 Å². The molecule has 1 atom stereocenters. The summed E-state index contributed by atoms with van der Waals surface area (Å²) in [6.45, 7) is 1.95. The van der Waals surface area contributed by atoms with Gasteiger partial charge in [0.1, 0.15) is 5.69 Å². The van der Waals surface area contributed by atoms with Gasteiger partial charge in [0.25, 0.3) is 0 Å². The van der Waals surface area contributed by atoms with Crippen molar-refractivity contribution in [1.82, 2.24) is 0 Å². The zero-order valence-corrected chi connectivity index (χ0v) is 10.8. The highest BCUT2D eigenvalue weighted by Crippen LogP contribution is 2.26. The van der Waals surface area contributed by atoms with Crippen LogP contribution in [0.4, 0.5) is 14.5 Å². The molecule has 1 unspecified atom stereocenters. The fourth-order valence-corrected chi connectivity index (χ4v) is 2.62. The van der Waals surface area contributed by atoms with Crippen molar-refractivity contribution in [3.05, 3.63) is 28.2 Å². The first-order chi connectivity index (χ1) is 7.56. The average molecular weight is 307 g/mol. The minimum absolute atomic E-state index is 0.149. The number of aliphatic imine (C=N–C) groups is 1. The smallest absolute Gasteiger partial charge is 0.161 e. The van der Waals surface area contributed by atoms with Gasteiger partial charge >= 0.3 is 0 Å². The molecule has 0 amide bonds. The van der Waals surface area contributed by atoms with Crippen molar-refractivity contribution in [3.63, 3.8) is 0 Å². The molecule has 0 saturated heterocycles. The van der Waals surface area contributed by atoms with Crippen LogP contribution < -0.4 is 5.32 Å². The van der Waals surface area contributed by atoms with E-state index in [1.807, 2.05) is 6.92 Å². The second kappa shape index (κ2) is 4.71. The first-order valence-electron chi connectivity index (χ1n) is 4.68. The van der Waals surface area contributed by atoms with Gasteiger partial charge in [0.05, 0.1) is 6.04 Å². The number of thioether (sulfide) groups is 1. The van der Waals surface area contributed by atoms with E-state index in [1.165, 1.54) is 23.9 Å². The van der Waals surface area contributed by atoms with Crippen LogP contribution in [0.25, 0.3) is 0 Å². The highest BCUT2D eigenvalue weighted by molar-refractivity contribution is 9.10. The van der Waals surface area contributed by atoms with E-state index in [-0.39, 0.29) is 11.7 Å². The van der Waals surface area contributed by atoms with Crippen molar-refractivity contribution in [2.45, 2.75) is 13.0 Å². The number of benzene rings is 1. The fourth-order valence-electron chi connectivity index (χ4n) is 1.31. The van der Waals surface area contributed by atoms with Gasteiger partial charge in [-0.2, -0.15) is 0 Å². The Hall–Kier alpha value is -0.620. The maximum Gasteiger partial charge on any atom is 0.161 e. The number of anilines is 1. The maximum atomic E-state index is 13.5. The molecule has 1 aromatic rings. The Morgan fingerprint density at radius 1 is 1.44 bits per heavy atom. The van der Waals surface area contributed by atoms with Crippen molar-refractivity contribution in [3.8, 4) is 0 Å². The Morgan fingerprint density at radius 2 is 2.06 bits per heavy atom. The van der Waals surface area contributed by atoms with Gasteiger partial charge in [0.2, 0.25) is 0 Å². The molecule has 0 bridgehead atoms. The van der Waals surface area contributed by atoms with Gasteiger partial charge in [-0.15, -0.1) is 0 Å². The van der Waals surface area contributed by atoms with E-state index in [0.717, 1.165) is 5.75 Å². The van der Waals surface area contributed by atoms with E-state index < -0.39 is 11.6 Å². The minimum atomic E-state index is -0.630. The van der Waals surface area contributed by atoms with Gasteiger partial charge in [-0.3, -0.25) is 4.99 Å². The highest BCUT2D eigenvalue weighted by atomic mass is 79.9. The Morgan fingerprint density at radius 3 is 2.56 bits per heavy atom. The largest absolute Gasteiger partial charge is 0.330 e. The van der Waals surface area contributed by atoms with Crippen molar-refractivity contribution in [1.29, 1.82) is 0 Å². The summed E-state index contributed by atoms with van der Waals surface area (Å²) in [7, 11) is 0. The van der Waals surface area contributed by atoms with Crippen molar-refractivity contribution >= 4 is 38.5 Å². The summed E-state index contributed by atoms with van der Waals surface area (Å²) in [4.78, 5) is 4.21. The number of halogens is 3. The minimum Gasteiger partial charge on any atom is -0.330 e. The first kappa shape index (κ1) is 11.9. The lowest BCUT2D eigenvalue weighted by Crippen LogP contribution is -2.08. The summed E-state index contributed by atoms with van der Waals surface area (Å²) in [5.41, 5.74) is -0.149. The molecule has 86 valence electrons. The van der Waals surface area contributed by atoms with Crippen LogP contribution in [0.15, 0.2) is 21.6 Å². The molecule has 1 heterocycles. The molecule has 0 fully saturated rings. The van der Waals surface area contributed by atoms with Gasteiger partial charge < -0.3 is 5.32 Å². The summed E-state index contributed by atoms with van der Waals surface area (Å²) < 4.78 is 27.3. The highest BCUT2D eigenvalue weighted by Gasteiger charge is 2.17. The zero-order chi connectivity index (χ0) is 11.7. The number of nitrogens with one attached hydrogen (secondary N) is 1. The van der Waals surface area contributed by atoms with Crippen LogP contribution in [-0.2, 0) is 0 Å². The van der Waals surface area contributed by atoms with Crippen LogP contribution in [0.5, 0.6) is 0 Å². The van der Waals surface area contributed by atoms with Gasteiger partial charge in [-0.25, -0.2) is 8.78 Å². The van der Waals surface area contributed by atoms with Crippen LogP contribution in [0.2, 0.25) is 0 Å². The van der Waals surface area contributed by atoms with Gasteiger partial charge in [0.15, 0.2) is 16.8 Å². The number of hydrogen-bond donors (Lipinski definition) is 1. The van der Waals surface area contributed by atoms with Gasteiger partial charge in [-0.05, 0) is 19.1 Å². The molecule has 2 nitrogen and oxygen atoms in total. The second-order valence-electron chi connectivity index (χ2n) is 3.46. The van der Waals surface area contributed by atoms with Gasteiger partial charge in [-0.1, -0.05) is 27.7 Å². The molecule has 16 heavy (non-hydrogen) atoms. The van der Waals surface area contributed by atoms with Crippen LogP contribution in [0.1, 0.15) is 6.92 Å². The average Bonchev–Trinajstić information content (AvgIpc) is 2.58. The van der Waals surface area contributed by atoms with Crippen LogP contribution >= 0.6 is 27.7 Å². The number of amidine groups is 1. The molecule has 1 aromatic carbocycles. The number of hydrogen-bond acceptors (Lipinski definition) is 3. The predicted molar refractivity (Wildman–Crippen MR) is 67.0 cm³/mol. The predicted octanol–water partition coefficient (Wildman–Crippen LogP) is 3.63. The lowest BCUT2D eigenvalue weighted by molar-refractivity contribution is 0.590. The molecule has 0 aliphatic carbocycles. The van der Waals surface area contributed by atoms with Gasteiger partial charge in [0, 0.05) is 10.2 Å². The van der Waals surface area contributed by atoms with E-state index >= 15 is 0 Å². The molecule has 1 aliphatic heterocycles. The molecule has 1 N–H and O–H groups in total. The number of nitrogens with zero attached hydrogens (tertiary/aromatic N) is 1. The first-order valence-corrected chi connectivity index (χ1v) is 6.46. The third kappa shape index (κ3) is 2.55. The zero-order valence-electron chi connectivity index (χ0n) is 8.43. The van der Waals surface area contributed by atoms with Crippen molar-refractivity contribution in [2.75, 3.05) is 11.1 Å². The molecular formula is C10H9BrF2N2S. The molecule has 0 aromatic heterocycles. The van der Waals surface area contributed by atoms with Crippen LogP contribution in [0.3, 0.4) is 0 Å². The lowest BCUT2D eigenvalue weighted by Gasteiger charge is -2.07. The SMILES string of the molecule is CC1CSC(Nc2c(F)cc(Br)cc2F)=N1. The summed E-state index contributed by atoms with van der Waals surface area (Å²) >= 11 is 4.49. The monoisotopic (exact) mass is 306 g/mol. The Bertz CT molecular complexity index is 427. The standard InChI is InChI=1S/C10H9BrF2N2S/c1-5-4-16-10(14-5)15-9-7(12)2-6(11)3-8(9)13/h2-3,5H,4H2,1H3,(H,14,15). The molecule has 0 saturated carbocycles. The van der Waals surface area contributed by atoms with E-state index in [4.69, 9.17) is 0 Å². The van der Waals surface area contributed by atoms with E-state index in [9.17, 15) is 8.78 Å².